The van der Waals surface area contributed by atoms with E-state index >= 15 is 0 Å². The third-order valence-corrected chi connectivity index (χ3v) is 3.21. The van der Waals surface area contributed by atoms with Gasteiger partial charge in [-0.25, -0.2) is 4.79 Å². The topological polar surface area (TPSA) is 63.6 Å². The van der Waals surface area contributed by atoms with E-state index in [2.05, 4.69) is 0 Å². The van der Waals surface area contributed by atoms with Crippen molar-refractivity contribution in [3.8, 4) is 16.9 Å². The minimum absolute atomic E-state index is 0.0272. The summed E-state index contributed by atoms with van der Waals surface area (Å²) in [5.74, 6) is -1.54. The number of aromatic carboxylic acids is 1. The van der Waals surface area contributed by atoms with Gasteiger partial charge in [-0.15, -0.1) is 11.6 Å². The molecule has 0 fully saturated rings. The van der Waals surface area contributed by atoms with E-state index in [1.165, 1.54) is 13.0 Å². The van der Waals surface area contributed by atoms with Gasteiger partial charge in [-0.1, -0.05) is 36.4 Å². The molecule has 0 atom stereocenters. The molecule has 21 heavy (non-hydrogen) atoms. The molecule has 2 aromatic carbocycles. The van der Waals surface area contributed by atoms with Crippen LogP contribution >= 0.6 is 11.6 Å². The summed E-state index contributed by atoms with van der Waals surface area (Å²) < 4.78 is 5.16. The summed E-state index contributed by atoms with van der Waals surface area (Å²) in [4.78, 5) is 22.7. The first kappa shape index (κ1) is 15.1. The molecule has 2 aromatic rings. The summed E-state index contributed by atoms with van der Waals surface area (Å²) in [6.45, 7) is 1.23. The van der Waals surface area contributed by atoms with Crippen molar-refractivity contribution in [2.75, 3.05) is 0 Å². The van der Waals surface area contributed by atoms with Gasteiger partial charge in [0.15, 0.2) is 5.75 Å². The van der Waals surface area contributed by atoms with Gasteiger partial charge in [0.05, 0.1) is 0 Å². The number of esters is 1. The van der Waals surface area contributed by atoms with Crippen molar-refractivity contribution in [1.82, 2.24) is 0 Å². The van der Waals surface area contributed by atoms with Crippen LogP contribution in [0, 0.1) is 0 Å². The highest BCUT2D eigenvalue weighted by molar-refractivity contribution is 6.17. The van der Waals surface area contributed by atoms with E-state index in [1.807, 2.05) is 30.3 Å². The molecule has 0 radical (unpaired) electrons. The number of halogens is 1. The Morgan fingerprint density at radius 2 is 1.81 bits per heavy atom. The molecule has 0 aliphatic carbocycles. The molecule has 0 aromatic heterocycles. The predicted octanol–water partition coefficient (Wildman–Crippen LogP) is 3.72. The van der Waals surface area contributed by atoms with E-state index in [0.29, 0.717) is 11.1 Å². The quantitative estimate of drug-likeness (QED) is 0.531. The lowest BCUT2D eigenvalue weighted by Gasteiger charge is -2.15. The molecule has 0 saturated heterocycles. The summed E-state index contributed by atoms with van der Waals surface area (Å²) in [6, 6.07) is 12.1. The van der Waals surface area contributed by atoms with Crippen LogP contribution in [-0.2, 0) is 10.7 Å². The molecule has 0 saturated carbocycles. The lowest BCUT2D eigenvalue weighted by Crippen LogP contribution is -2.10. The zero-order valence-electron chi connectivity index (χ0n) is 11.3. The SMILES string of the molecule is CC(=O)Oc1c(C(=O)O)ccc(CCl)c1-c1ccccc1. The molecular weight excluding hydrogens is 292 g/mol. The molecule has 0 aliphatic heterocycles. The molecule has 0 aliphatic rings. The standard InChI is InChI=1S/C16H13ClO4/c1-10(18)21-15-13(16(19)20)8-7-12(9-17)14(15)11-5-3-2-4-6-11/h2-8H,9H2,1H3,(H,19,20). The molecule has 5 heteroatoms. The maximum absolute atomic E-state index is 11.4. The first-order chi connectivity index (χ1) is 10.0. The Labute approximate surface area is 126 Å². The molecule has 4 nitrogen and oxygen atoms in total. The maximum atomic E-state index is 11.4. The third-order valence-electron chi connectivity index (χ3n) is 2.93. The van der Waals surface area contributed by atoms with Crippen molar-refractivity contribution in [3.05, 3.63) is 53.6 Å². The fourth-order valence-electron chi connectivity index (χ4n) is 2.07. The van der Waals surface area contributed by atoms with Gasteiger partial charge in [0.1, 0.15) is 5.56 Å². The number of alkyl halides is 1. The number of carbonyl (C=O) groups excluding carboxylic acids is 1. The van der Waals surface area contributed by atoms with Crippen molar-refractivity contribution >= 4 is 23.5 Å². The van der Waals surface area contributed by atoms with Crippen molar-refractivity contribution in [1.29, 1.82) is 0 Å². The molecule has 0 heterocycles. The van der Waals surface area contributed by atoms with Crippen LogP contribution in [0.5, 0.6) is 5.75 Å². The monoisotopic (exact) mass is 304 g/mol. The van der Waals surface area contributed by atoms with E-state index in [-0.39, 0.29) is 17.2 Å². The molecule has 0 unspecified atom stereocenters. The van der Waals surface area contributed by atoms with E-state index < -0.39 is 11.9 Å². The lowest BCUT2D eigenvalue weighted by atomic mass is 9.96. The number of carboxylic acids is 1. The summed E-state index contributed by atoms with van der Waals surface area (Å²) in [5, 5.41) is 9.29. The van der Waals surface area contributed by atoms with Crippen molar-refractivity contribution < 1.29 is 19.4 Å². The minimum atomic E-state index is -1.16. The van der Waals surface area contributed by atoms with Crippen molar-refractivity contribution in [3.63, 3.8) is 0 Å². The molecule has 1 N–H and O–H groups in total. The summed E-state index contributed by atoms with van der Waals surface area (Å²) in [7, 11) is 0. The highest BCUT2D eigenvalue weighted by Crippen LogP contribution is 2.37. The third kappa shape index (κ3) is 3.23. The first-order valence-corrected chi connectivity index (χ1v) is 6.77. The summed E-state index contributed by atoms with van der Waals surface area (Å²) in [5.41, 5.74) is 1.90. The second-order valence-corrected chi connectivity index (χ2v) is 4.64. The van der Waals surface area contributed by atoms with E-state index in [0.717, 1.165) is 5.56 Å². The van der Waals surface area contributed by atoms with Gasteiger partial charge in [0.25, 0.3) is 0 Å². The molecule has 0 spiro atoms. The fourth-order valence-corrected chi connectivity index (χ4v) is 2.30. The average molecular weight is 305 g/mol. The van der Waals surface area contributed by atoms with Crippen LogP contribution in [0.1, 0.15) is 22.8 Å². The van der Waals surface area contributed by atoms with Gasteiger partial charge in [-0.3, -0.25) is 4.79 Å². The Morgan fingerprint density at radius 1 is 1.14 bits per heavy atom. The number of rotatable bonds is 4. The highest BCUT2D eigenvalue weighted by atomic mass is 35.5. The van der Waals surface area contributed by atoms with Crippen LogP contribution in [-0.4, -0.2) is 17.0 Å². The van der Waals surface area contributed by atoms with Crippen LogP contribution in [0.25, 0.3) is 11.1 Å². The van der Waals surface area contributed by atoms with Crippen LogP contribution in [0.15, 0.2) is 42.5 Å². The maximum Gasteiger partial charge on any atom is 0.339 e. The number of carbonyl (C=O) groups is 2. The van der Waals surface area contributed by atoms with Gasteiger partial charge in [0.2, 0.25) is 0 Å². The zero-order chi connectivity index (χ0) is 15.4. The summed E-state index contributed by atoms with van der Waals surface area (Å²) in [6.07, 6.45) is 0. The molecule has 0 bridgehead atoms. The first-order valence-electron chi connectivity index (χ1n) is 6.23. The lowest BCUT2D eigenvalue weighted by molar-refractivity contribution is -0.131. The molecule has 2 rings (SSSR count). The Bertz CT molecular complexity index is 680. The van der Waals surface area contributed by atoms with Crippen molar-refractivity contribution in [2.45, 2.75) is 12.8 Å². The van der Waals surface area contributed by atoms with E-state index in [9.17, 15) is 14.7 Å². The van der Waals surface area contributed by atoms with Crippen LogP contribution in [0.2, 0.25) is 0 Å². The van der Waals surface area contributed by atoms with Crippen LogP contribution in [0.3, 0.4) is 0 Å². The van der Waals surface area contributed by atoms with Gasteiger partial charge >= 0.3 is 11.9 Å². The number of benzene rings is 2. The van der Waals surface area contributed by atoms with E-state index in [1.54, 1.807) is 6.07 Å². The minimum Gasteiger partial charge on any atom is -0.478 e. The molecule has 0 amide bonds. The Balaban J connectivity index is 2.77. The largest absolute Gasteiger partial charge is 0.478 e. The summed E-state index contributed by atoms with van der Waals surface area (Å²) >= 11 is 5.93. The van der Waals surface area contributed by atoms with E-state index in [4.69, 9.17) is 16.3 Å². The number of hydrogen-bond acceptors (Lipinski definition) is 3. The van der Waals surface area contributed by atoms with Crippen LogP contribution < -0.4 is 4.74 Å². The highest BCUT2D eigenvalue weighted by Gasteiger charge is 2.21. The number of carboxylic acid groups (broad SMARTS) is 1. The second kappa shape index (κ2) is 6.41. The Morgan fingerprint density at radius 3 is 2.33 bits per heavy atom. The van der Waals surface area contributed by atoms with Gasteiger partial charge in [0, 0.05) is 18.4 Å². The molecule has 108 valence electrons. The van der Waals surface area contributed by atoms with Gasteiger partial charge in [-0.05, 0) is 17.2 Å². The fraction of sp³-hybridized carbons (Fsp3) is 0.125. The predicted molar refractivity (Wildman–Crippen MR) is 79.7 cm³/mol. The zero-order valence-corrected chi connectivity index (χ0v) is 12.1. The molecular formula is C16H13ClO4. The number of hydrogen-bond donors (Lipinski definition) is 1. The normalized spacial score (nSPS) is 10.2. The van der Waals surface area contributed by atoms with Gasteiger partial charge < -0.3 is 9.84 Å². The smallest absolute Gasteiger partial charge is 0.339 e. The van der Waals surface area contributed by atoms with Gasteiger partial charge in [-0.2, -0.15) is 0 Å². The Hall–Kier alpha value is -2.33. The average Bonchev–Trinajstić information content (AvgIpc) is 2.46. The second-order valence-electron chi connectivity index (χ2n) is 4.37. The Kier molecular flexibility index (Phi) is 4.60. The number of ether oxygens (including phenoxy) is 1. The van der Waals surface area contributed by atoms with Crippen LogP contribution in [0.4, 0.5) is 0 Å². The van der Waals surface area contributed by atoms with Crippen molar-refractivity contribution in [2.24, 2.45) is 0 Å².